The van der Waals surface area contributed by atoms with Gasteiger partial charge in [0.05, 0.1) is 27.0 Å². The summed E-state index contributed by atoms with van der Waals surface area (Å²) in [5.74, 6) is -0.375. The number of anilines is 2. The van der Waals surface area contributed by atoms with Gasteiger partial charge in [0, 0.05) is 76.3 Å². The molecule has 0 radical (unpaired) electrons. The Labute approximate surface area is 383 Å². The highest BCUT2D eigenvalue weighted by molar-refractivity contribution is 7.90. The molecule has 0 atom stereocenters. The summed E-state index contributed by atoms with van der Waals surface area (Å²) in [5.41, 5.74) is 5.32. The van der Waals surface area contributed by atoms with Crippen molar-refractivity contribution in [2.24, 2.45) is 18.4 Å². The summed E-state index contributed by atoms with van der Waals surface area (Å²) in [6.45, 7) is 8.96. The number of para-hydroxylation sites is 1. The number of carbonyl (C=O) groups is 1. The summed E-state index contributed by atoms with van der Waals surface area (Å²) >= 11 is 6.25. The number of rotatable bonds is 14. The molecule has 8 rings (SSSR count). The molecule has 3 aliphatic rings. The normalized spacial score (nSPS) is 19.3. The maximum absolute atomic E-state index is 14.1. The average Bonchev–Trinajstić information content (AvgIpc) is 3.59. The van der Waals surface area contributed by atoms with Gasteiger partial charge in [0.1, 0.15) is 17.0 Å². The maximum atomic E-state index is 14.1. The van der Waals surface area contributed by atoms with Gasteiger partial charge in [-0.05, 0) is 116 Å². The molecule has 0 unspecified atom stereocenters. The predicted molar refractivity (Wildman–Crippen MR) is 254 cm³/mol. The molecule has 2 fully saturated rings. The molecular weight excluding hydrogens is 870 g/mol. The second-order valence-electron chi connectivity index (χ2n) is 18.2. The van der Waals surface area contributed by atoms with Gasteiger partial charge in [0.15, 0.2) is 5.75 Å². The van der Waals surface area contributed by atoms with Crippen molar-refractivity contribution in [2.75, 3.05) is 56.6 Å². The van der Waals surface area contributed by atoms with E-state index in [0.29, 0.717) is 30.7 Å². The van der Waals surface area contributed by atoms with Crippen LogP contribution in [-0.4, -0.2) is 86.2 Å². The van der Waals surface area contributed by atoms with E-state index in [1.165, 1.54) is 39.5 Å². The van der Waals surface area contributed by atoms with Gasteiger partial charge in [-0.2, -0.15) is 0 Å². The number of allylic oxidation sites excluding steroid dienone is 1. The number of sulfonamides is 1. The van der Waals surface area contributed by atoms with Crippen molar-refractivity contribution in [3.8, 4) is 11.5 Å². The summed E-state index contributed by atoms with van der Waals surface area (Å²) in [6.07, 6.45) is 6.98. The molecule has 1 saturated heterocycles. The van der Waals surface area contributed by atoms with E-state index in [4.69, 9.17) is 21.1 Å². The maximum Gasteiger partial charge on any atom is 0.326 e. The van der Waals surface area contributed by atoms with Crippen LogP contribution in [0, 0.1) is 21.4 Å². The third-order valence-electron chi connectivity index (χ3n) is 13.3. The lowest BCUT2D eigenvalue weighted by molar-refractivity contribution is -0.384. The van der Waals surface area contributed by atoms with Crippen LogP contribution < -0.4 is 25.4 Å². The lowest BCUT2D eigenvalue weighted by Gasteiger charge is -2.39. The second-order valence-corrected chi connectivity index (χ2v) is 20.4. The first-order valence-electron chi connectivity index (χ1n) is 22.1. The smallest absolute Gasteiger partial charge is 0.326 e. The van der Waals surface area contributed by atoms with Gasteiger partial charge in [0.2, 0.25) is 0 Å². The SMILES string of the molecule is COC1CCC(CNc2ccc(S(=O)(=O)NC(=O)c3ccc(N4CCN(CC5=C(c6ccc(Cl)cc6)CC(C)(C)CC5)CC4)cc3Oc3cccc4[nH]c(=O)n(C)c34)cc2[N+](=O)[O-])CC1. The molecule has 4 aromatic carbocycles. The molecule has 5 aromatic rings. The van der Waals surface area contributed by atoms with Crippen molar-refractivity contribution in [1.29, 1.82) is 0 Å². The number of benzene rings is 4. The molecule has 15 nitrogen and oxygen atoms in total. The van der Waals surface area contributed by atoms with Crippen LogP contribution in [0.15, 0.2) is 94.1 Å². The number of fused-ring (bicyclic) bond motifs is 1. The second kappa shape index (κ2) is 19.0. The summed E-state index contributed by atoms with van der Waals surface area (Å²) < 4.78 is 43.0. The molecule has 3 N–H and O–H groups in total. The lowest BCUT2D eigenvalue weighted by atomic mass is 9.72. The number of hydrogen-bond acceptors (Lipinski definition) is 11. The molecule has 1 aromatic heterocycles. The van der Waals surface area contributed by atoms with E-state index in [0.717, 1.165) is 81.4 Å². The fraction of sp³-hybridized carbons (Fsp3) is 0.417. The van der Waals surface area contributed by atoms with E-state index in [-0.39, 0.29) is 45.9 Å². The highest BCUT2D eigenvalue weighted by Gasteiger charge is 2.31. The fourth-order valence-corrected chi connectivity index (χ4v) is 10.5. The van der Waals surface area contributed by atoms with Gasteiger partial charge < -0.3 is 24.7 Å². The highest BCUT2D eigenvalue weighted by atomic mass is 35.5. The zero-order chi connectivity index (χ0) is 46.0. The molecule has 2 heterocycles. The third kappa shape index (κ3) is 10.4. The van der Waals surface area contributed by atoms with E-state index in [9.17, 15) is 28.1 Å². The Bertz CT molecular complexity index is 2790. The lowest BCUT2D eigenvalue weighted by Crippen LogP contribution is -2.47. The number of hydrogen-bond donors (Lipinski definition) is 3. The number of halogens is 1. The van der Waals surface area contributed by atoms with Gasteiger partial charge in [-0.25, -0.2) is 17.9 Å². The number of piperazine rings is 1. The van der Waals surface area contributed by atoms with Gasteiger partial charge in [-0.3, -0.25) is 24.4 Å². The summed E-state index contributed by atoms with van der Waals surface area (Å²) in [4.78, 5) is 45.3. The quantitative estimate of drug-likeness (QED) is 0.0716. The molecule has 0 spiro atoms. The summed E-state index contributed by atoms with van der Waals surface area (Å²) in [7, 11) is -1.32. The third-order valence-corrected chi connectivity index (χ3v) is 14.8. The average molecular weight is 927 g/mol. The van der Waals surface area contributed by atoms with Crippen LogP contribution in [-0.2, 0) is 21.8 Å². The number of aryl methyl sites for hydroxylation is 1. The van der Waals surface area contributed by atoms with E-state index in [2.05, 4.69) is 50.8 Å². The van der Waals surface area contributed by atoms with Crippen LogP contribution >= 0.6 is 11.6 Å². The predicted octanol–water partition coefficient (Wildman–Crippen LogP) is 8.74. The molecule has 65 heavy (non-hydrogen) atoms. The van der Waals surface area contributed by atoms with Crippen LogP contribution in [0.1, 0.15) is 74.7 Å². The number of nitrogens with zero attached hydrogens (tertiary/aromatic N) is 4. The zero-order valence-corrected chi connectivity index (χ0v) is 38.8. The van der Waals surface area contributed by atoms with Crippen molar-refractivity contribution < 1.29 is 27.6 Å². The van der Waals surface area contributed by atoms with Crippen molar-refractivity contribution in [3.05, 3.63) is 121 Å². The highest BCUT2D eigenvalue weighted by Crippen LogP contribution is 2.44. The standard InChI is InChI=1S/C48H56ClN7O8S/c1-48(2)21-20-33(39(28-48)32-10-12-34(49)13-11-32)30-54-22-24-55(25-23-54)35-14-18-38(44(26-35)64-43-7-5-6-41-45(43)53(3)47(58)51-41)46(57)52-65(61,62)37-17-19-40(42(27-37)56(59)60)50-29-31-8-15-36(63-4)16-9-31/h5-7,10-14,17-19,26-27,31,36,50H,8-9,15-16,20-25,28-30H2,1-4H3,(H,51,58)(H,52,57). The largest absolute Gasteiger partial charge is 0.454 e. The van der Waals surface area contributed by atoms with Gasteiger partial charge in [-0.15, -0.1) is 0 Å². The number of H-pyrrole nitrogens is 1. The Morgan fingerprint density at radius 1 is 0.969 bits per heavy atom. The Kier molecular flexibility index (Phi) is 13.4. The molecule has 344 valence electrons. The number of nitro benzene ring substituents is 1. The molecular formula is C48H56ClN7O8S. The first-order chi connectivity index (χ1) is 31.1. The van der Waals surface area contributed by atoms with Crippen LogP contribution in [0.3, 0.4) is 0 Å². The monoisotopic (exact) mass is 925 g/mol. The number of carbonyl (C=O) groups excluding carboxylic acids is 1. The Hall–Kier alpha value is -5.68. The minimum absolute atomic E-state index is 0.0615. The van der Waals surface area contributed by atoms with Crippen LogP contribution in [0.4, 0.5) is 17.1 Å². The summed E-state index contributed by atoms with van der Waals surface area (Å²) in [5, 5.41) is 16.1. The van der Waals surface area contributed by atoms with E-state index in [1.807, 2.05) is 12.1 Å². The van der Waals surface area contributed by atoms with E-state index >= 15 is 0 Å². The van der Waals surface area contributed by atoms with Crippen LogP contribution in [0.2, 0.25) is 5.02 Å². The van der Waals surface area contributed by atoms with Crippen molar-refractivity contribution in [2.45, 2.75) is 69.8 Å². The number of nitrogens with one attached hydrogen (secondary N) is 3. The van der Waals surface area contributed by atoms with Crippen molar-refractivity contribution in [3.63, 3.8) is 0 Å². The first-order valence-corrected chi connectivity index (χ1v) is 24.0. The van der Waals surface area contributed by atoms with Crippen LogP contribution in [0.25, 0.3) is 16.6 Å². The van der Waals surface area contributed by atoms with Gasteiger partial charge >= 0.3 is 5.69 Å². The summed E-state index contributed by atoms with van der Waals surface area (Å²) in [6, 6.07) is 21.8. The van der Waals surface area contributed by atoms with Gasteiger partial charge in [-0.1, -0.05) is 49.2 Å². The Balaban J connectivity index is 1.02. The molecule has 17 heteroatoms. The minimum atomic E-state index is -4.61. The number of imidazole rings is 1. The molecule has 0 bridgehead atoms. The number of methoxy groups -OCH3 is 1. The van der Waals surface area contributed by atoms with Gasteiger partial charge in [0.25, 0.3) is 21.6 Å². The minimum Gasteiger partial charge on any atom is -0.454 e. The molecule has 2 aliphatic carbocycles. The first kappa shape index (κ1) is 45.9. The Morgan fingerprint density at radius 3 is 2.42 bits per heavy atom. The topological polar surface area (TPSA) is 181 Å². The number of aromatic amines is 1. The number of nitro groups is 1. The van der Waals surface area contributed by atoms with Crippen LogP contribution in [0.5, 0.6) is 11.5 Å². The fourth-order valence-electron chi connectivity index (χ4n) is 9.39. The van der Waals surface area contributed by atoms with Crippen molar-refractivity contribution in [1.82, 2.24) is 19.2 Å². The van der Waals surface area contributed by atoms with Crippen molar-refractivity contribution >= 4 is 61.2 Å². The molecule has 1 aliphatic heterocycles. The van der Waals surface area contributed by atoms with E-state index in [1.54, 1.807) is 44.5 Å². The number of ether oxygens (including phenoxy) is 2. The number of amides is 1. The molecule has 1 saturated carbocycles. The molecule has 1 amide bonds. The zero-order valence-electron chi connectivity index (χ0n) is 37.2. The Morgan fingerprint density at radius 2 is 1.71 bits per heavy atom. The van der Waals surface area contributed by atoms with E-state index < -0.39 is 31.4 Å². The number of aromatic nitrogens is 2.